The molecule has 6 heteroatoms. The van der Waals surface area contributed by atoms with Gasteiger partial charge in [0.2, 0.25) is 0 Å². The highest BCUT2D eigenvalue weighted by Crippen LogP contribution is 2.28. The first-order valence-corrected chi connectivity index (χ1v) is 9.58. The average Bonchev–Trinajstić information content (AvgIpc) is 3.14. The van der Waals surface area contributed by atoms with Crippen molar-refractivity contribution in [3.63, 3.8) is 0 Å². The second-order valence-electron chi connectivity index (χ2n) is 6.89. The Labute approximate surface area is 168 Å². The van der Waals surface area contributed by atoms with E-state index in [0.29, 0.717) is 5.56 Å². The van der Waals surface area contributed by atoms with Gasteiger partial charge in [0.05, 0.1) is 5.92 Å². The molecule has 0 amide bonds. The molecule has 4 aromatic rings. The molecule has 0 saturated heterocycles. The largest absolute Gasteiger partial charge is 0.481 e. The normalized spacial score (nSPS) is 12.2. The van der Waals surface area contributed by atoms with Gasteiger partial charge in [-0.25, -0.2) is 9.97 Å². The molecule has 0 aliphatic carbocycles. The maximum Gasteiger partial charge on any atom is 0.312 e. The van der Waals surface area contributed by atoms with Crippen LogP contribution in [0.15, 0.2) is 66.9 Å². The van der Waals surface area contributed by atoms with E-state index in [0.717, 1.165) is 34.7 Å². The Bertz CT molecular complexity index is 1150. The minimum atomic E-state index is -0.924. The molecular weight excluding hydrogens is 364 g/mol. The van der Waals surface area contributed by atoms with Crippen molar-refractivity contribution in [2.45, 2.75) is 19.3 Å². The molecule has 3 N–H and O–H groups in total. The molecule has 0 radical (unpaired) electrons. The third-order valence-corrected chi connectivity index (χ3v) is 5.12. The lowest BCUT2D eigenvalue weighted by molar-refractivity contribution is -0.138. The van der Waals surface area contributed by atoms with Crippen LogP contribution in [-0.4, -0.2) is 32.2 Å². The van der Waals surface area contributed by atoms with Gasteiger partial charge in [-0.3, -0.25) is 9.36 Å². The fourth-order valence-corrected chi connectivity index (χ4v) is 3.48. The Balaban J connectivity index is 1.85. The zero-order valence-corrected chi connectivity index (χ0v) is 16.1. The number of carboxylic acids is 1. The molecule has 0 aliphatic rings. The Hall–Kier alpha value is -3.51. The van der Waals surface area contributed by atoms with Crippen molar-refractivity contribution < 1.29 is 9.90 Å². The maximum absolute atomic E-state index is 11.4. The van der Waals surface area contributed by atoms with Crippen molar-refractivity contribution >= 4 is 17.1 Å². The van der Waals surface area contributed by atoms with Crippen molar-refractivity contribution in [1.29, 1.82) is 0 Å². The number of carbonyl (C=O) groups is 1. The molecule has 146 valence electrons. The standard InChI is InChI=1S/C23H22N4O2/c1-2-15-5-7-17(8-6-15)21-26-20-4-3-13-25-22(20)27(21)18-11-9-16(10-12-18)19(14-24)23(28)29/h3-13,19H,2,14,24H2,1H3,(H,28,29). The van der Waals surface area contributed by atoms with Crippen LogP contribution < -0.4 is 5.73 Å². The van der Waals surface area contributed by atoms with E-state index in [9.17, 15) is 9.90 Å². The number of hydrogen-bond donors (Lipinski definition) is 2. The summed E-state index contributed by atoms with van der Waals surface area (Å²) < 4.78 is 2.00. The van der Waals surface area contributed by atoms with E-state index in [1.54, 1.807) is 18.3 Å². The van der Waals surface area contributed by atoms with Gasteiger partial charge < -0.3 is 10.8 Å². The van der Waals surface area contributed by atoms with Gasteiger partial charge in [0, 0.05) is 24.0 Å². The summed E-state index contributed by atoms with van der Waals surface area (Å²) in [6.07, 6.45) is 2.72. The van der Waals surface area contributed by atoms with Gasteiger partial charge in [0.25, 0.3) is 0 Å². The summed E-state index contributed by atoms with van der Waals surface area (Å²) in [4.78, 5) is 20.7. The lowest BCUT2D eigenvalue weighted by Crippen LogP contribution is -2.21. The summed E-state index contributed by atoms with van der Waals surface area (Å²) in [6, 6.07) is 19.5. The van der Waals surface area contributed by atoms with Crippen molar-refractivity contribution in [3.05, 3.63) is 78.0 Å². The van der Waals surface area contributed by atoms with Gasteiger partial charge in [-0.05, 0) is 41.8 Å². The van der Waals surface area contributed by atoms with Crippen LogP contribution in [0.4, 0.5) is 0 Å². The Morgan fingerprint density at radius 3 is 2.45 bits per heavy atom. The van der Waals surface area contributed by atoms with Crippen LogP contribution in [0.25, 0.3) is 28.2 Å². The summed E-state index contributed by atoms with van der Waals surface area (Å²) in [5, 5.41) is 9.35. The predicted octanol–water partition coefficient (Wildman–Crippen LogP) is 3.78. The van der Waals surface area contributed by atoms with Crippen LogP contribution in [0.1, 0.15) is 24.0 Å². The number of pyridine rings is 1. The van der Waals surface area contributed by atoms with Crippen molar-refractivity contribution in [1.82, 2.24) is 14.5 Å². The van der Waals surface area contributed by atoms with E-state index in [2.05, 4.69) is 36.2 Å². The van der Waals surface area contributed by atoms with Crippen molar-refractivity contribution in [2.24, 2.45) is 5.73 Å². The number of hydrogen-bond acceptors (Lipinski definition) is 4. The van der Waals surface area contributed by atoms with Gasteiger partial charge in [0.15, 0.2) is 5.65 Å². The number of rotatable bonds is 6. The fraction of sp³-hybridized carbons (Fsp3) is 0.174. The molecule has 2 aromatic heterocycles. The van der Waals surface area contributed by atoms with Gasteiger partial charge >= 0.3 is 5.97 Å². The zero-order valence-electron chi connectivity index (χ0n) is 16.1. The molecule has 2 aromatic carbocycles. The number of nitrogens with zero attached hydrogens (tertiary/aromatic N) is 3. The van der Waals surface area contributed by atoms with E-state index in [4.69, 9.17) is 10.7 Å². The smallest absolute Gasteiger partial charge is 0.312 e. The van der Waals surface area contributed by atoms with Crippen molar-refractivity contribution in [3.8, 4) is 17.1 Å². The van der Waals surface area contributed by atoms with Gasteiger partial charge in [-0.15, -0.1) is 0 Å². The highest BCUT2D eigenvalue weighted by atomic mass is 16.4. The number of aryl methyl sites for hydroxylation is 1. The van der Waals surface area contributed by atoms with Crippen LogP contribution in [0.5, 0.6) is 0 Å². The van der Waals surface area contributed by atoms with E-state index < -0.39 is 11.9 Å². The molecule has 4 rings (SSSR count). The number of imidazole rings is 1. The number of fused-ring (bicyclic) bond motifs is 1. The molecular formula is C23H22N4O2. The topological polar surface area (TPSA) is 94.0 Å². The number of nitrogens with two attached hydrogens (primary N) is 1. The molecule has 0 fully saturated rings. The van der Waals surface area contributed by atoms with Crippen LogP contribution >= 0.6 is 0 Å². The summed E-state index contributed by atoms with van der Waals surface area (Å²) in [5.74, 6) is -0.850. The van der Waals surface area contributed by atoms with Crippen LogP contribution in [0.3, 0.4) is 0 Å². The van der Waals surface area contributed by atoms with Crippen LogP contribution in [0.2, 0.25) is 0 Å². The SMILES string of the molecule is CCc1ccc(-c2nc3cccnc3n2-c2ccc(C(CN)C(=O)O)cc2)cc1. The monoisotopic (exact) mass is 386 g/mol. The number of aromatic nitrogens is 3. The highest BCUT2D eigenvalue weighted by molar-refractivity contribution is 5.80. The molecule has 6 nitrogen and oxygen atoms in total. The number of carboxylic acid groups (broad SMARTS) is 1. The third kappa shape index (κ3) is 3.50. The van der Waals surface area contributed by atoms with Crippen LogP contribution in [-0.2, 0) is 11.2 Å². The predicted molar refractivity (Wildman–Crippen MR) is 113 cm³/mol. The first-order chi connectivity index (χ1) is 14.1. The lowest BCUT2D eigenvalue weighted by Gasteiger charge is -2.13. The second-order valence-corrected chi connectivity index (χ2v) is 6.89. The average molecular weight is 386 g/mol. The molecule has 0 bridgehead atoms. The Morgan fingerprint density at radius 2 is 1.83 bits per heavy atom. The third-order valence-electron chi connectivity index (χ3n) is 5.12. The lowest BCUT2D eigenvalue weighted by atomic mass is 9.99. The highest BCUT2D eigenvalue weighted by Gasteiger charge is 2.19. The van der Waals surface area contributed by atoms with Crippen LogP contribution in [0, 0.1) is 0 Å². The summed E-state index contributed by atoms with van der Waals surface area (Å²) in [5.41, 5.74) is 11.0. The van der Waals surface area contributed by atoms with E-state index in [1.807, 2.05) is 28.8 Å². The summed E-state index contributed by atoms with van der Waals surface area (Å²) in [7, 11) is 0. The maximum atomic E-state index is 11.4. The molecule has 2 heterocycles. The number of benzene rings is 2. The first kappa shape index (κ1) is 18.8. The van der Waals surface area contributed by atoms with E-state index >= 15 is 0 Å². The van der Waals surface area contributed by atoms with Gasteiger partial charge in [-0.2, -0.15) is 0 Å². The molecule has 0 saturated carbocycles. The minimum Gasteiger partial charge on any atom is -0.481 e. The van der Waals surface area contributed by atoms with Crippen molar-refractivity contribution in [2.75, 3.05) is 6.54 Å². The quantitative estimate of drug-likeness (QED) is 0.526. The Morgan fingerprint density at radius 1 is 1.10 bits per heavy atom. The van der Waals surface area contributed by atoms with E-state index in [1.165, 1.54) is 5.56 Å². The van der Waals surface area contributed by atoms with Gasteiger partial charge in [0.1, 0.15) is 11.3 Å². The molecule has 29 heavy (non-hydrogen) atoms. The second kappa shape index (κ2) is 7.85. The van der Waals surface area contributed by atoms with Gasteiger partial charge in [-0.1, -0.05) is 43.3 Å². The fourth-order valence-electron chi connectivity index (χ4n) is 3.48. The minimum absolute atomic E-state index is 0.0548. The first-order valence-electron chi connectivity index (χ1n) is 9.58. The summed E-state index contributed by atoms with van der Waals surface area (Å²) >= 11 is 0. The summed E-state index contributed by atoms with van der Waals surface area (Å²) in [6.45, 7) is 2.18. The molecule has 1 atom stereocenters. The number of aliphatic carboxylic acids is 1. The molecule has 1 unspecified atom stereocenters. The zero-order chi connectivity index (χ0) is 20.4. The van der Waals surface area contributed by atoms with E-state index in [-0.39, 0.29) is 6.54 Å². The molecule has 0 aliphatic heterocycles. The molecule has 0 spiro atoms. The Kier molecular flexibility index (Phi) is 5.10.